The van der Waals surface area contributed by atoms with Crippen molar-refractivity contribution in [2.45, 2.75) is 57.4 Å². The SMILES string of the molecule is CCn1cc(CN2CC3(CC(OCC(=O)N4CCCC4)CCO3)C2)cn1. The summed E-state index contributed by atoms with van der Waals surface area (Å²) >= 11 is 0. The third kappa shape index (κ3) is 3.94. The number of hydrogen-bond acceptors (Lipinski definition) is 5. The number of likely N-dealkylation sites (tertiary alicyclic amines) is 2. The molecule has 0 saturated carbocycles. The lowest BCUT2D eigenvalue weighted by molar-refractivity contribution is -0.200. The van der Waals surface area contributed by atoms with Crippen LogP contribution in [0, 0.1) is 0 Å². The largest absolute Gasteiger partial charge is 0.372 e. The van der Waals surface area contributed by atoms with Gasteiger partial charge in [0.05, 0.1) is 17.9 Å². The van der Waals surface area contributed by atoms with Crippen molar-refractivity contribution >= 4 is 5.91 Å². The van der Waals surface area contributed by atoms with Gasteiger partial charge in [-0.2, -0.15) is 5.10 Å². The third-order valence-electron chi connectivity index (χ3n) is 5.79. The van der Waals surface area contributed by atoms with Gasteiger partial charge in [0.1, 0.15) is 6.61 Å². The molecule has 1 unspecified atom stereocenters. The summed E-state index contributed by atoms with van der Waals surface area (Å²) in [5.74, 6) is 0.145. The van der Waals surface area contributed by atoms with Gasteiger partial charge < -0.3 is 14.4 Å². The van der Waals surface area contributed by atoms with E-state index in [-0.39, 0.29) is 24.2 Å². The highest BCUT2D eigenvalue weighted by atomic mass is 16.5. The van der Waals surface area contributed by atoms with E-state index in [0.29, 0.717) is 0 Å². The molecule has 0 N–H and O–H groups in total. The van der Waals surface area contributed by atoms with Crippen molar-refractivity contribution in [1.29, 1.82) is 0 Å². The maximum absolute atomic E-state index is 12.2. The van der Waals surface area contributed by atoms with E-state index < -0.39 is 0 Å². The molecule has 4 rings (SSSR count). The highest BCUT2D eigenvalue weighted by Crippen LogP contribution is 2.36. The lowest BCUT2D eigenvalue weighted by atomic mass is 9.84. The van der Waals surface area contributed by atoms with Gasteiger partial charge in [-0.1, -0.05) is 0 Å². The summed E-state index contributed by atoms with van der Waals surface area (Å²) in [5.41, 5.74) is 1.17. The smallest absolute Gasteiger partial charge is 0.248 e. The average Bonchev–Trinajstić information content (AvgIpc) is 3.30. The molecule has 1 atom stereocenters. The number of hydrogen-bond donors (Lipinski definition) is 0. The Morgan fingerprint density at radius 3 is 2.92 bits per heavy atom. The Morgan fingerprint density at radius 1 is 1.38 bits per heavy atom. The second-order valence-electron chi connectivity index (χ2n) is 7.89. The van der Waals surface area contributed by atoms with Crippen molar-refractivity contribution in [2.24, 2.45) is 0 Å². The van der Waals surface area contributed by atoms with Gasteiger partial charge in [0.2, 0.25) is 5.91 Å². The molecule has 7 nitrogen and oxygen atoms in total. The van der Waals surface area contributed by atoms with Crippen LogP contribution in [-0.2, 0) is 27.4 Å². The Morgan fingerprint density at radius 2 is 2.19 bits per heavy atom. The molecule has 0 aromatic carbocycles. The Hall–Kier alpha value is -1.44. The fourth-order valence-electron chi connectivity index (χ4n) is 4.39. The molecule has 3 aliphatic rings. The molecule has 0 bridgehead atoms. The number of carbonyl (C=O) groups is 1. The third-order valence-corrected chi connectivity index (χ3v) is 5.79. The molecule has 3 fully saturated rings. The molecule has 26 heavy (non-hydrogen) atoms. The Balaban J connectivity index is 1.22. The maximum Gasteiger partial charge on any atom is 0.248 e. The Kier molecular flexibility index (Phi) is 5.29. The topological polar surface area (TPSA) is 59.8 Å². The van der Waals surface area contributed by atoms with E-state index >= 15 is 0 Å². The fraction of sp³-hybridized carbons (Fsp3) is 0.789. The zero-order valence-corrected chi connectivity index (χ0v) is 15.7. The van der Waals surface area contributed by atoms with Crippen LogP contribution >= 0.6 is 0 Å². The van der Waals surface area contributed by atoms with Gasteiger partial charge in [-0.05, 0) is 26.2 Å². The summed E-state index contributed by atoms with van der Waals surface area (Å²) in [7, 11) is 0. The van der Waals surface area contributed by atoms with E-state index in [4.69, 9.17) is 9.47 Å². The highest BCUT2D eigenvalue weighted by Gasteiger charge is 2.47. The number of aryl methyl sites for hydroxylation is 1. The molecule has 0 radical (unpaired) electrons. The molecule has 7 heteroatoms. The van der Waals surface area contributed by atoms with E-state index in [2.05, 4.69) is 23.1 Å². The van der Waals surface area contributed by atoms with Crippen molar-refractivity contribution in [3.8, 4) is 0 Å². The van der Waals surface area contributed by atoms with E-state index in [1.165, 1.54) is 5.56 Å². The zero-order valence-electron chi connectivity index (χ0n) is 15.7. The molecule has 3 saturated heterocycles. The van der Waals surface area contributed by atoms with Crippen LogP contribution in [0.25, 0.3) is 0 Å². The predicted octanol–water partition coefficient (Wildman–Crippen LogP) is 1.28. The molecule has 1 spiro atoms. The molecular weight excluding hydrogens is 332 g/mol. The monoisotopic (exact) mass is 362 g/mol. The van der Waals surface area contributed by atoms with Gasteiger partial charge in [-0.25, -0.2) is 0 Å². The number of ether oxygens (including phenoxy) is 2. The maximum atomic E-state index is 12.2. The van der Waals surface area contributed by atoms with Crippen molar-refractivity contribution in [2.75, 3.05) is 39.4 Å². The molecule has 0 aliphatic carbocycles. The van der Waals surface area contributed by atoms with Gasteiger partial charge in [-0.3, -0.25) is 14.4 Å². The van der Waals surface area contributed by atoms with Crippen LogP contribution in [0.2, 0.25) is 0 Å². The first kappa shape index (κ1) is 17.9. The summed E-state index contributed by atoms with van der Waals surface area (Å²) in [6.45, 7) is 8.53. The molecule has 1 aromatic heterocycles. The first-order chi connectivity index (χ1) is 12.7. The van der Waals surface area contributed by atoms with Crippen LogP contribution in [0.5, 0.6) is 0 Å². The van der Waals surface area contributed by atoms with Crippen LogP contribution in [0.15, 0.2) is 12.4 Å². The number of nitrogens with zero attached hydrogens (tertiary/aromatic N) is 4. The first-order valence-electron chi connectivity index (χ1n) is 9.93. The molecule has 3 aliphatic heterocycles. The van der Waals surface area contributed by atoms with Gasteiger partial charge >= 0.3 is 0 Å². The molecule has 144 valence electrons. The van der Waals surface area contributed by atoms with Crippen molar-refractivity contribution in [1.82, 2.24) is 19.6 Å². The number of amides is 1. The van der Waals surface area contributed by atoms with E-state index in [1.54, 1.807) is 0 Å². The standard InChI is InChI=1S/C19H30N4O3/c1-2-23-12-16(10-20-23)11-21-14-19(15-21)9-17(5-8-26-19)25-13-18(24)22-6-3-4-7-22/h10,12,17H,2-9,11,13-15H2,1H3. The van der Waals surface area contributed by atoms with E-state index in [0.717, 1.165) is 71.6 Å². The molecule has 1 amide bonds. The van der Waals surface area contributed by atoms with Crippen LogP contribution in [0.1, 0.15) is 38.2 Å². The lowest BCUT2D eigenvalue weighted by Gasteiger charge is -2.53. The second kappa shape index (κ2) is 7.66. The van der Waals surface area contributed by atoms with Crippen molar-refractivity contribution < 1.29 is 14.3 Å². The minimum atomic E-state index is -0.0830. The summed E-state index contributed by atoms with van der Waals surface area (Å²) < 4.78 is 14.0. The molecular formula is C19H30N4O3. The zero-order chi connectivity index (χ0) is 18.0. The fourth-order valence-corrected chi connectivity index (χ4v) is 4.39. The van der Waals surface area contributed by atoms with Gasteiger partial charge in [0, 0.05) is 64.1 Å². The average molecular weight is 362 g/mol. The lowest BCUT2D eigenvalue weighted by Crippen LogP contribution is -2.65. The predicted molar refractivity (Wildman–Crippen MR) is 96.6 cm³/mol. The summed E-state index contributed by atoms with van der Waals surface area (Å²) in [6.07, 6.45) is 8.23. The highest BCUT2D eigenvalue weighted by molar-refractivity contribution is 5.77. The summed E-state index contributed by atoms with van der Waals surface area (Å²) in [5, 5.41) is 4.34. The Bertz CT molecular complexity index is 620. The van der Waals surface area contributed by atoms with Crippen LogP contribution in [-0.4, -0.2) is 76.6 Å². The first-order valence-corrected chi connectivity index (χ1v) is 9.93. The summed E-state index contributed by atoms with van der Waals surface area (Å²) in [4.78, 5) is 16.5. The van der Waals surface area contributed by atoms with Crippen molar-refractivity contribution in [3.63, 3.8) is 0 Å². The van der Waals surface area contributed by atoms with E-state index in [9.17, 15) is 4.79 Å². The molecule has 4 heterocycles. The van der Waals surface area contributed by atoms with Gasteiger partial charge in [-0.15, -0.1) is 0 Å². The quantitative estimate of drug-likeness (QED) is 0.763. The van der Waals surface area contributed by atoms with Crippen molar-refractivity contribution in [3.05, 3.63) is 18.0 Å². The van der Waals surface area contributed by atoms with Gasteiger partial charge in [0.15, 0.2) is 0 Å². The van der Waals surface area contributed by atoms with Crippen LogP contribution < -0.4 is 0 Å². The number of rotatable bonds is 6. The Labute approximate surface area is 155 Å². The number of aromatic nitrogens is 2. The minimum Gasteiger partial charge on any atom is -0.372 e. The van der Waals surface area contributed by atoms with E-state index in [1.807, 2.05) is 15.8 Å². The number of carbonyl (C=O) groups excluding carboxylic acids is 1. The molecule has 1 aromatic rings. The summed E-state index contributed by atoms with van der Waals surface area (Å²) in [6, 6.07) is 0. The minimum absolute atomic E-state index is 0.0830. The van der Waals surface area contributed by atoms with Gasteiger partial charge in [0.25, 0.3) is 0 Å². The van der Waals surface area contributed by atoms with Crippen LogP contribution in [0.3, 0.4) is 0 Å². The second-order valence-corrected chi connectivity index (χ2v) is 7.89. The normalized spacial score (nSPS) is 25.6. The van der Waals surface area contributed by atoms with Crippen LogP contribution in [0.4, 0.5) is 0 Å².